The zero-order valence-corrected chi connectivity index (χ0v) is 13.0. The minimum atomic E-state index is 0.194. The zero-order chi connectivity index (χ0) is 14.3. The maximum atomic E-state index is 12.1. The van der Waals surface area contributed by atoms with Crippen molar-refractivity contribution in [3.05, 3.63) is 34.9 Å². The third-order valence-corrected chi connectivity index (χ3v) is 3.67. The van der Waals surface area contributed by atoms with Gasteiger partial charge in [-0.25, -0.2) is 0 Å². The van der Waals surface area contributed by atoms with Crippen LogP contribution in [0, 0.1) is 13.8 Å². The number of unbranched alkanes of at least 4 members (excludes halogenated alkanes) is 2. The molecule has 1 amide bonds. The van der Waals surface area contributed by atoms with Crippen LogP contribution in [0.4, 0.5) is 0 Å². The van der Waals surface area contributed by atoms with Gasteiger partial charge in [-0.2, -0.15) is 0 Å². The summed E-state index contributed by atoms with van der Waals surface area (Å²) in [5, 5.41) is 0. The van der Waals surface area contributed by atoms with Crippen molar-refractivity contribution in [3.8, 4) is 0 Å². The largest absolute Gasteiger partial charge is 0.345 e. The molecule has 0 N–H and O–H groups in total. The van der Waals surface area contributed by atoms with Crippen LogP contribution in [0.15, 0.2) is 18.2 Å². The number of halogens is 1. The molecule has 1 rings (SSSR count). The van der Waals surface area contributed by atoms with Crippen molar-refractivity contribution >= 4 is 17.5 Å². The van der Waals surface area contributed by atoms with Crippen LogP contribution in [0.5, 0.6) is 0 Å². The molecule has 0 unspecified atom stereocenters. The molecule has 0 aliphatic rings. The third kappa shape index (κ3) is 5.65. The number of hydrogen-bond acceptors (Lipinski definition) is 1. The predicted molar refractivity (Wildman–Crippen MR) is 81.8 cm³/mol. The Bertz CT molecular complexity index is 417. The summed E-state index contributed by atoms with van der Waals surface area (Å²) in [5.41, 5.74) is 3.53. The number of likely N-dealkylation sites (N-methyl/N-ethyl adjacent to an activating group) is 1. The molecule has 0 bridgehead atoms. The normalized spacial score (nSPS) is 10.5. The number of carbonyl (C=O) groups excluding carboxylic acids is 1. The number of rotatable bonds is 7. The molecule has 106 valence electrons. The topological polar surface area (TPSA) is 20.3 Å². The number of hydrogen-bond donors (Lipinski definition) is 0. The molecule has 0 aliphatic carbocycles. The van der Waals surface area contributed by atoms with Crippen LogP contribution >= 0.6 is 11.6 Å². The number of benzene rings is 1. The smallest absolute Gasteiger partial charge is 0.226 e. The number of alkyl halides is 1. The minimum absolute atomic E-state index is 0.194. The quantitative estimate of drug-likeness (QED) is 0.551. The lowest BCUT2D eigenvalue weighted by Gasteiger charge is -2.18. The first kappa shape index (κ1) is 16.0. The summed E-state index contributed by atoms with van der Waals surface area (Å²) in [4.78, 5) is 14.0. The Labute approximate surface area is 121 Å². The Hall–Kier alpha value is -1.02. The lowest BCUT2D eigenvalue weighted by molar-refractivity contribution is -0.129. The molecule has 0 radical (unpaired) electrons. The highest BCUT2D eigenvalue weighted by Crippen LogP contribution is 2.12. The van der Waals surface area contributed by atoms with E-state index in [1.807, 2.05) is 11.9 Å². The Balaban J connectivity index is 2.47. The summed E-state index contributed by atoms with van der Waals surface area (Å²) in [6.07, 6.45) is 3.65. The molecule has 0 aliphatic heterocycles. The first-order chi connectivity index (χ1) is 9.04. The van der Waals surface area contributed by atoms with Crippen LogP contribution in [0.25, 0.3) is 0 Å². The second kappa shape index (κ2) is 8.21. The second-order valence-electron chi connectivity index (χ2n) is 5.17. The van der Waals surface area contributed by atoms with Gasteiger partial charge in [0.2, 0.25) is 5.91 Å². The van der Waals surface area contributed by atoms with E-state index in [1.165, 1.54) is 11.1 Å². The van der Waals surface area contributed by atoms with E-state index in [0.717, 1.165) is 31.4 Å². The van der Waals surface area contributed by atoms with Gasteiger partial charge in [0.25, 0.3) is 0 Å². The van der Waals surface area contributed by atoms with Crippen LogP contribution in [-0.4, -0.2) is 30.3 Å². The molecule has 0 spiro atoms. The first-order valence-electron chi connectivity index (χ1n) is 6.90. The highest BCUT2D eigenvalue weighted by molar-refractivity contribution is 6.17. The fourth-order valence-electron chi connectivity index (χ4n) is 2.03. The van der Waals surface area contributed by atoms with Gasteiger partial charge in [-0.3, -0.25) is 4.79 Å². The van der Waals surface area contributed by atoms with Gasteiger partial charge in [0.1, 0.15) is 0 Å². The summed E-state index contributed by atoms with van der Waals surface area (Å²) in [6.45, 7) is 4.94. The van der Waals surface area contributed by atoms with Gasteiger partial charge in [0, 0.05) is 19.5 Å². The van der Waals surface area contributed by atoms with E-state index >= 15 is 0 Å². The molecule has 0 atom stereocenters. The fourth-order valence-corrected chi connectivity index (χ4v) is 2.22. The number of amides is 1. The van der Waals surface area contributed by atoms with Crippen LogP contribution in [0.3, 0.4) is 0 Å². The molecule has 0 saturated carbocycles. The van der Waals surface area contributed by atoms with Gasteiger partial charge in [-0.1, -0.05) is 30.2 Å². The third-order valence-electron chi connectivity index (χ3n) is 3.40. The summed E-state index contributed by atoms with van der Waals surface area (Å²) in [7, 11) is 1.88. The Morgan fingerprint density at radius 3 is 2.63 bits per heavy atom. The average molecular weight is 282 g/mol. The molecule has 0 saturated heterocycles. The number of aryl methyl sites for hydroxylation is 2. The van der Waals surface area contributed by atoms with Crippen LogP contribution in [0.1, 0.15) is 36.0 Å². The van der Waals surface area contributed by atoms with Crippen molar-refractivity contribution < 1.29 is 4.79 Å². The minimum Gasteiger partial charge on any atom is -0.345 e. The maximum Gasteiger partial charge on any atom is 0.226 e. The van der Waals surface area contributed by atoms with Crippen molar-refractivity contribution in [2.45, 2.75) is 39.5 Å². The van der Waals surface area contributed by atoms with E-state index in [9.17, 15) is 4.79 Å². The van der Waals surface area contributed by atoms with E-state index < -0.39 is 0 Å². The number of carbonyl (C=O) groups is 1. The zero-order valence-electron chi connectivity index (χ0n) is 12.2. The summed E-state index contributed by atoms with van der Waals surface area (Å²) in [5.74, 6) is 0.903. The van der Waals surface area contributed by atoms with Crippen molar-refractivity contribution in [1.29, 1.82) is 0 Å². The molecule has 0 fully saturated rings. The Kier molecular flexibility index (Phi) is 6.93. The van der Waals surface area contributed by atoms with E-state index in [2.05, 4.69) is 32.0 Å². The Morgan fingerprint density at radius 1 is 1.21 bits per heavy atom. The lowest BCUT2D eigenvalue weighted by atomic mass is 10.0. The van der Waals surface area contributed by atoms with Gasteiger partial charge >= 0.3 is 0 Å². The van der Waals surface area contributed by atoms with Crippen LogP contribution < -0.4 is 0 Å². The molecule has 0 heterocycles. The van der Waals surface area contributed by atoms with E-state index in [0.29, 0.717) is 12.3 Å². The van der Waals surface area contributed by atoms with E-state index in [-0.39, 0.29) is 5.91 Å². The standard InChI is InChI=1S/C16H24ClNO/c1-13-7-8-14(2)15(11-13)12-16(19)18(3)10-6-4-5-9-17/h7-8,11H,4-6,9-10,12H2,1-3H3. The second-order valence-corrected chi connectivity index (χ2v) is 5.55. The molecular formula is C16H24ClNO. The SMILES string of the molecule is Cc1ccc(C)c(CC(=O)N(C)CCCCCCl)c1. The summed E-state index contributed by atoms with van der Waals surface area (Å²) in [6, 6.07) is 6.27. The van der Waals surface area contributed by atoms with Crippen molar-refractivity contribution in [3.63, 3.8) is 0 Å². The predicted octanol–water partition coefficient (Wildman–Crippen LogP) is 3.71. The lowest BCUT2D eigenvalue weighted by Crippen LogP contribution is -2.29. The molecule has 1 aromatic rings. The van der Waals surface area contributed by atoms with Gasteiger partial charge in [0.15, 0.2) is 0 Å². The highest BCUT2D eigenvalue weighted by Gasteiger charge is 2.10. The molecule has 2 nitrogen and oxygen atoms in total. The summed E-state index contributed by atoms with van der Waals surface area (Å²) >= 11 is 5.64. The number of nitrogens with zero attached hydrogens (tertiary/aromatic N) is 1. The van der Waals surface area contributed by atoms with E-state index in [1.54, 1.807) is 0 Å². The maximum absolute atomic E-state index is 12.1. The average Bonchev–Trinajstić information content (AvgIpc) is 2.38. The molecule has 1 aromatic carbocycles. The molecule has 0 aromatic heterocycles. The summed E-state index contributed by atoms with van der Waals surface area (Å²) < 4.78 is 0. The first-order valence-corrected chi connectivity index (χ1v) is 7.44. The van der Waals surface area contributed by atoms with Gasteiger partial charge in [-0.15, -0.1) is 11.6 Å². The van der Waals surface area contributed by atoms with Gasteiger partial charge in [-0.05, 0) is 37.8 Å². The van der Waals surface area contributed by atoms with Crippen LogP contribution in [-0.2, 0) is 11.2 Å². The molecular weight excluding hydrogens is 258 g/mol. The monoisotopic (exact) mass is 281 g/mol. The molecule has 19 heavy (non-hydrogen) atoms. The van der Waals surface area contributed by atoms with Crippen molar-refractivity contribution in [1.82, 2.24) is 4.90 Å². The van der Waals surface area contributed by atoms with Crippen molar-refractivity contribution in [2.75, 3.05) is 19.5 Å². The highest BCUT2D eigenvalue weighted by atomic mass is 35.5. The Morgan fingerprint density at radius 2 is 1.95 bits per heavy atom. The van der Waals surface area contributed by atoms with Gasteiger partial charge < -0.3 is 4.90 Å². The molecule has 3 heteroatoms. The van der Waals surface area contributed by atoms with Crippen LogP contribution in [0.2, 0.25) is 0 Å². The van der Waals surface area contributed by atoms with Gasteiger partial charge in [0.05, 0.1) is 6.42 Å². The van der Waals surface area contributed by atoms with E-state index in [4.69, 9.17) is 11.6 Å². The van der Waals surface area contributed by atoms with Crippen molar-refractivity contribution in [2.24, 2.45) is 0 Å². The fraction of sp³-hybridized carbons (Fsp3) is 0.562.